The maximum Gasteiger partial charge on any atom is 0.355 e. The first-order chi connectivity index (χ1) is 10.0. The fraction of sp³-hybridized carbons (Fsp3) is 0.0667. The van der Waals surface area contributed by atoms with E-state index in [9.17, 15) is 14.4 Å². The number of carbonyl (C=O) groups excluding carboxylic acids is 2. The molecule has 106 valence electrons. The molecule has 0 unspecified atom stereocenters. The van der Waals surface area contributed by atoms with Gasteiger partial charge in [0, 0.05) is 11.8 Å². The molecular formula is C15H11NO5. The van der Waals surface area contributed by atoms with E-state index >= 15 is 0 Å². The summed E-state index contributed by atoms with van der Waals surface area (Å²) < 4.78 is 4.58. The number of aromatic nitrogens is 1. The van der Waals surface area contributed by atoms with Gasteiger partial charge in [0.1, 0.15) is 0 Å². The zero-order valence-corrected chi connectivity index (χ0v) is 11.1. The molecule has 2 aromatic rings. The molecule has 0 bridgehead atoms. The molecule has 0 saturated heterocycles. The second kappa shape index (κ2) is 5.96. The molecular weight excluding hydrogens is 274 g/mol. The summed E-state index contributed by atoms with van der Waals surface area (Å²) >= 11 is 0. The van der Waals surface area contributed by atoms with Crippen LogP contribution in [0.4, 0.5) is 0 Å². The molecule has 6 nitrogen and oxygen atoms in total. The van der Waals surface area contributed by atoms with Crippen molar-refractivity contribution in [1.29, 1.82) is 0 Å². The third kappa shape index (κ3) is 2.94. The monoisotopic (exact) mass is 285 g/mol. The Labute approximate surface area is 120 Å². The lowest BCUT2D eigenvalue weighted by Gasteiger charge is -2.05. The summed E-state index contributed by atoms with van der Waals surface area (Å²) in [6.45, 7) is 0. The Morgan fingerprint density at radius 3 is 2.48 bits per heavy atom. The van der Waals surface area contributed by atoms with E-state index in [-0.39, 0.29) is 22.4 Å². The maximum absolute atomic E-state index is 12.4. The number of ether oxygens (including phenoxy) is 1. The van der Waals surface area contributed by atoms with E-state index in [0.717, 1.165) is 0 Å². The lowest BCUT2D eigenvalue weighted by atomic mass is 10.00. The number of methoxy groups -OCH3 is 1. The molecule has 0 spiro atoms. The third-order valence-electron chi connectivity index (χ3n) is 2.80. The summed E-state index contributed by atoms with van der Waals surface area (Å²) in [5.41, 5.74) is 0.0375. The molecule has 0 aliphatic carbocycles. The van der Waals surface area contributed by atoms with Gasteiger partial charge in [-0.1, -0.05) is 12.1 Å². The minimum Gasteiger partial charge on any atom is -0.476 e. The number of hydrogen-bond acceptors (Lipinski definition) is 5. The van der Waals surface area contributed by atoms with Crippen LogP contribution in [0.25, 0.3) is 0 Å². The number of carboxylic acid groups (broad SMARTS) is 1. The number of benzene rings is 1. The first-order valence-corrected chi connectivity index (χ1v) is 5.96. The van der Waals surface area contributed by atoms with E-state index in [1.165, 1.54) is 49.7 Å². The largest absolute Gasteiger partial charge is 0.476 e. The number of nitrogens with zero attached hydrogens (tertiary/aromatic N) is 1. The number of hydrogen-bond donors (Lipinski definition) is 1. The molecule has 1 aromatic heterocycles. The first-order valence-electron chi connectivity index (χ1n) is 5.96. The molecule has 6 heteroatoms. The van der Waals surface area contributed by atoms with Gasteiger partial charge in [0.25, 0.3) is 0 Å². The Bertz CT molecular complexity index is 724. The van der Waals surface area contributed by atoms with Gasteiger partial charge in [-0.2, -0.15) is 0 Å². The highest BCUT2D eigenvalue weighted by Crippen LogP contribution is 2.15. The average Bonchev–Trinajstić information content (AvgIpc) is 2.53. The van der Waals surface area contributed by atoms with E-state index in [2.05, 4.69) is 9.72 Å². The van der Waals surface area contributed by atoms with E-state index in [0.29, 0.717) is 0 Å². The van der Waals surface area contributed by atoms with Crippen LogP contribution in [0.3, 0.4) is 0 Å². The zero-order chi connectivity index (χ0) is 15.4. The SMILES string of the molecule is COC(=O)c1cccc(C(=O)c2cccnc2C(=O)O)c1. The van der Waals surface area contributed by atoms with Crippen LogP contribution >= 0.6 is 0 Å². The van der Waals surface area contributed by atoms with Gasteiger partial charge in [-0.3, -0.25) is 4.79 Å². The molecule has 0 amide bonds. The van der Waals surface area contributed by atoms with Gasteiger partial charge in [-0.15, -0.1) is 0 Å². The fourth-order valence-electron chi connectivity index (χ4n) is 1.82. The Hall–Kier alpha value is -3.02. The van der Waals surface area contributed by atoms with E-state index in [4.69, 9.17) is 5.11 Å². The first kappa shape index (κ1) is 14.4. The quantitative estimate of drug-likeness (QED) is 0.680. The van der Waals surface area contributed by atoms with E-state index in [1.807, 2.05) is 0 Å². The van der Waals surface area contributed by atoms with Crippen LogP contribution in [0.1, 0.15) is 36.8 Å². The number of carboxylic acids is 1. The lowest BCUT2D eigenvalue weighted by molar-refractivity contribution is 0.0599. The summed E-state index contributed by atoms with van der Waals surface area (Å²) in [5.74, 6) is -2.39. The summed E-state index contributed by atoms with van der Waals surface area (Å²) in [6, 6.07) is 8.73. The van der Waals surface area contributed by atoms with Crippen LogP contribution < -0.4 is 0 Å². The van der Waals surface area contributed by atoms with Crippen molar-refractivity contribution in [3.05, 3.63) is 65.0 Å². The number of pyridine rings is 1. The van der Waals surface area contributed by atoms with Gasteiger partial charge in [0.05, 0.1) is 18.2 Å². The molecule has 2 rings (SSSR count). The Kier molecular flexibility index (Phi) is 4.08. The molecule has 0 aliphatic heterocycles. The third-order valence-corrected chi connectivity index (χ3v) is 2.80. The van der Waals surface area contributed by atoms with E-state index < -0.39 is 17.7 Å². The predicted molar refractivity (Wildman–Crippen MR) is 72.4 cm³/mol. The maximum atomic E-state index is 12.4. The Morgan fingerprint density at radius 2 is 1.81 bits per heavy atom. The van der Waals surface area contributed by atoms with Crippen LogP contribution in [0, 0.1) is 0 Å². The van der Waals surface area contributed by atoms with Gasteiger partial charge in [0.15, 0.2) is 11.5 Å². The number of carbonyl (C=O) groups is 3. The number of aromatic carboxylic acids is 1. The standard InChI is InChI=1S/C15H11NO5/c1-21-15(20)10-5-2-4-9(8-10)13(17)11-6-3-7-16-12(11)14(18)19/h2-8H,1H3,(H,18,19). The van der Waals surface area contributed by atoms with Gasteiger partial charge in [0.2, 0.25) is 0 Å². The number of rotatable bonds is 4. The highest BCUT2D eigenvalue weighted by atomic mass is 16.5. The molecule has 1 N–H and O–H groups in total. The zero-order valence-electron chi connectivity index (χ0n) is 11.1. The van der Waals surface area contributed by atoms with Crippen molar-refractivity contribution < 1.29 is 24.2 Å². The second-order valence-electron chi connectivity index (χ2n) is 4.11. The van der Waals surface area contributed by atoms with Crippen molar-refractivity contribution in [2.24, 2.45) is 0 Å². The van der Waals surface area contributed by atoms with E-state index in [1.54, 1.807) is 0 Å². The van der Waals surface area contributed by atoms with Gasteiger partial charge in [-0.05, 0) is 24.3 Å². The van der Waals surface area contributed by atoms with Gasteiger partial charge in [-0.25, -0.2) is 14.6 Å². The summed E-state index contributed by atoms with van der Waals surface area (Å²) in [5, 5.41) is 9.05. The predicted octanol–water partition coefficient (Wildman–Crippen LogP) is 1.80. The summed E-state index contributed by atoms with van der Waals surface area (Å²) in [6.07, 6.45) is 1.30. The smallest absolute Gasteiger partial charge is 0.355 e. The molecule has 1 heterocycles. The van der Waals surface area contributed by atoms with Crippen molar-refractivity contribution in [2.45, 2.75) is 0 Å². The second-order valence-corrected chi connectivity index (χ2v) is 4.11. The topological polar surface area (TPSA) is 93.6 Å². The van der Waals surface area contributed by atoms with Gasteiger partial charge >= 0.3 is 11.9 Å². The lowest BCUT2D eigenvalue weighted by Crippen LogP contribution is -2.12. The van der Waals surface area contributed by atoms with Crippen LogP contribution in [-0.4, -0.2) is 34.9 Å². The van der Waals surface area contributed by atoms with Crippen LogP contribution in [-0.2, 0) is 4.74 Å². The van der Waals surface area contributed by atoms with Crippen LogP contribution in [0.2, 0.25) is 0 Å². The average molecular weight is 285 g/mol. The number of ketones is 1. The number of esters is 1. The van der Waals surface area contributed by atoms with Crippen molar-refractivity contribution in [3.63, 3.8) is 0 Å². The normalized spacial score (nSPS) is 9.95. The Morgan fingerprint density at radius 1 is 1.10 bits per heavy atom. The molecule has 0 atom stereocenters. The fourth-order valence-corrected chi connectivity index (χ4v) is 1.82. The van der Waals surface area contributed by atoms with Crippen LogP contribution in [0.5, 0.6) is 0 Å². The van der Waals surface area contributed by atoms with Gasteiger partial charge < -0.3 is 9.84 Å². The van der Waals surface area contributed by atoms with Crippen molar-refractivity contribution >= 4 is 17.7 Å². The molecule has 0 fully saturated rings. The molecule has 0 saturated carbocycles. The molecule has 0 radical (unpaired) electrons. The summed E-state index contributed by atoms with van der Waals surface area (Å²) in [4.78, 5) is 38.6. The van der Waals surface area contributed by atoms with Crippen LogP contribution in [0.15, 0.2) is 42.6 Å². The highest BCUT2D eigenvalue weighted by Gasteiger charge is 2.19. The highest BCUT2D eigenvalue weighted by molar-refractivity contribution is 6.14. The summed E-state index contributed by atoms with van der Waals surface area (Å²) in [7, 11) is 1.24. The molecule has 1 aromatic carbocycles. The van der Waals surface area contributed by atoms with Crippen molar-refractivity contribution in [2.75, 3.05) is 7.11 Å². The minimum atomic E-state index is -1.29. The Balaban J connectivity index is 2.46. The minimum absolute atomic E-state index is 0.0352. The molecule has 0 aliphatic rings. The molecule has 21 heavy (non-hydrogen) atoms. The van der Waals surface area contributed by atoms with Crippen molar-refractivity contribution in [3.8, 4) is 0 Å². The van der Waals surface area contributed by atoms with Crippen molar-refractivity contribution in [1.82, 2.24) is 4.98 Å².